The Morgan fingerprint density at radius 1 is 0.333 bits per heavy atom. The Kier molecular flexibility index (Phi) is 6.89. The van der Waals surface area contributed by atoms with Crippen LogP contribution in [0, 0.1) is 0 Å². The topological polar surface area (TPSA) is 35.9 Å². The molecule has 0 aliphatic carbocycles. The Balaban J connectivity index is 1.10. The third-order valence-electron chi connectivity index (χ3n) is 11.5. The summed E-state index contributed by atoms with van der Waals surface area (Å²) >= 11 is 0. The van der Waals surface area contributed by atoms with Crippen LogP contribution in [0.1, 0.15) is 0 Å². The van der Waals surface area contributed by atoms with Crippen LogP contribution >= 0.6 is 0 Å². The van der Waals surface area contributed by atoms with Crippen molar-refractivity contribution in [2.45, 2.75) is 0 Å². The standard InChI is InChI=1S/C53H33N3O/c1-3-14-34(15-4-1)37-30-38(35-16-5-2-6-17-35)32-39(31-37)55-45-22-10-7-19-41(45)52-47(55)27-28-48-53(52)42-20-8-11-23-46(42)56(48)51-25-13-21-44(54-51)36-26-29-50-43(33-36)40-18-9-12-24-49(40)57-50/h1-33H. The Morgan fingerprint density at radius 2 is 0.895 bits per heavy atom. The second-order valence-electron chi connectivity index (χ2n) is 14.7. The highest BCUT2D eigenvalue weighted by atomic mass is 16.3. The molecule has 0 spiro atoms. The molecule has 266 valence electrons. The number of hydrogen-bond acceptors (Lipinski definition) is 2. The fourth-order valence-corrected chi connectivity index (χ4v) is 8.97. The normalized spacial score (nSPS) is 11.9. The Bertz CT molecular complexity index is 3460. The molecule has 12 aromatic rings. The molecular weight excluding hydrogens is 695 g/mol. The van der Waals surface area contributed by atoms with E-state index >= 15 is 0 Å². The molecule has 0 aliphatic rings. The first kappa shape index (κ1) is 31.6. The lowest BCUT2D eigenvalue weighted by Gasteiger charge is -2.14. The van der Waals surface area contributed by atoms with E-state index in [2.05, 4.69) is 197 Å². The molecule has 0 aliphatic heterocycles. The van der Waals surface area contributed by atoms with Gasteiger partial charge in [0.15, 0.2) is 0 Å². The largest absolute Gasteiger partial charge is 0.456 e. The maximum atomic E-state index is 6.14. The number of pyridine rings is 1. The maximum Gasteiger partial charge on any atom is 0.138 e. The lowest BCUT2D eigenvalue weighted by Crippen LogP contribution is -1.98. The highest BCUT2D eigenvalue weighted by Crippen LogP contribution is 2.43. The molecule has 4 nitrogen and oxygen atoms in total. The summed E-state index contributed by atoms with van der Waals surface area (Å²) in [6, 6.07) is 71.4. The van der Waals surface area contributed by atoms with Crippen molar-refractivity contribution in [1.82, 2.24) is 14.1 Å². The van der Waals surface area contributed by atoms with Gasteiger partial charge in [-0.1, -0.05) is 121 Å². The van der Waals surface area contributed by atoms with Gasteiger partial charge in [-0.2, -0.15) is 0 Å². The monoisotopic (exact) mass is 727 g/mol. The summed E-state index contributed by atoms with van der Waals surface area (Å²) in [5, 5.41) is 7.07. The van der Waals surface area contributed by atoms with Gasteiger partial charge in [-0.3, -0.25) is 4.57 Å². The Hall–Kier alpha value is -7.69. The number of nitrogens with zero attached hydrogens (tertiary/aromatic N) is 3. The van der Waals surface area contributed by atoms with E-state index in [4.69, 9.17) is 9.40 Å². The first-order chi connectivity index (χ1) is 28.3. The molecule has 0 amide bonds. The molecule has 8 aromatic carbocycles. The van der Waals surface area contributed by atoms with E-state index < -0.39 is 0 Å². The van der Waals surface area contributed by atoms with Crippen LogP contribution in [0.5, 0.6) is 0 Å². The molecule has 12 rings (SSSR count). The minimum absolute atomic E-state index is 0.877. The van der Waals surface area contributed by atoms with Crippen LogP contribution in [0.2, 0.25) is 0 Å². The van der Waals surface area contributed by atoms with E-state index in [0.29, 0.717) is 0 Å². The summed E-state index contributed by atoms with van der Waals surface area (Å²) in [4.78, 5) is 5.36. The SMILES string of the molecule is c1ccc(-c2cc(-c3ccccc3)cc(-n3c4ccccc4c4c5c6ccccc6n(-c6cccc(-c7ccc8oc9ccccc9c8c7)n6)c5ccc43)c2)cc1. The molecule has 0 N–H and O–H groups in total. The summed E-state index contributed by atoms with van der Waals surface area (Å²) in [7, 11) is 0. The number of rotatable bonds is 5. The average molecular weight is 728 g/mol. The highest BCUT2D eigenvalue weighted by molar-refractivity contribution is 6.29. The van der Waals surface area contributed by atoms with Gasteiger partial charge in [-0.15, -0.1) is 0 Å². The average Bonchev–Trinajstić information content (AvgIpc) is 3.94. The van der Waals surface area contributed by atoms with Crippen molar-refractivity contribution >= 4 is 65.6 Å². The van der Waals surface area contributed by atoms with Crippen LogP contribution in [0.15, 0.2) is 205 Å². The molecular formula is C53H33N3O. The van der Waals surface area contributed by atoms with Gasteiger partial charge in [0.2, 0.25) is 0 Å². The van der Waals surface area contributed by atoms with Gasteiger partial charge < -0.3 is 8.98 Å². The number of para-hydroxylation sites is 3. The minimum Gasteiger partial charge on any atom is -0.456 e. The van der Waals surface area contributed by atoms with Crippen LogP contribution < -0.4 is 0 Å². The molecule has 0 radical (unpaired) electrons. The molecule has 0 saturated heterocycles. The summed E-state index contributed by atoms with van der Waals surface area (Å²) in [5.41, 5.74) is 14.2. The summed E-state index contributed by atoms with van der Waals surface area (Å²) in [6.45, 7) is 0. The molecule has 0 atom stereocenters. The lowest BCUT2D eigenvalue weighted by atomic mass is 9.98. The highest BCUT2D eigenvalue weighted by Gasteiger charge is 2.22. The van der Waals surface area contributed by atoms with Gasteiger partial charge in [0.25, 0.3) is 0 Å². The van der Waals surface area contributed by atoms with Crippen molar-refractivity contribution in [3.63, 3.8) is 0 Å². The van der Waals surface area contributed by atoms with Crippen LogP contribution in [0.25, 0.3) is 111 Å². The maximum absolute atomic E-state index is 6.14. The lowest BCUT2D eigenvalue weighted by molar-refractivity contribution is 0.669. The first-order valence-corrected chi connectivity index (χ1v) is 19.4. The molecule has 0 fully saturated rings. The van der Waals surface area contributed by atoms with E-state index in [9.17, 15) is 0 Å². The molecule has 0 bridgehead atoms. The molecule has 0 unspecified atom stereocenters. The predicted octanol–water partition coefficient (Wildman–Crippen LogP) is 14.2. The van der Waals surface area contributed by atoms with Gasteiger partial charge in [-0.25, -0.2) is 4.98 Å². The molecule has 57 heavy (non-hydrogen) atoms. The van der Waals surface area contributed by atoms with Crippen molar-refractivity contribution < 1.29 is 4.42 Å². The zero-order chi connectivity index (χ0) is 37.5. The number of hydrogen-bond donors (Lipinski definition) is 0. The predicted molar refractivity (Wildman–Crippen MR) is 237 cm³/mol. The minimum atomic E-state index is 0.877. The third kappa shape index (κ3) is 4.91. The molecule has 4 heterocycles. The van der Waals surface area contributed by atoms with Gasteiger partial charge in [-0.05, 0) is 101 Å². The summed E-state index contributed by atoms with van der Waals surface area (Å²) in [5.74, 6) is 0.877. The number of benzene rings is 8. The smallest absolute Gasteiger partial charge is 0.138 e. The molecule has 4 aromatic heterocycles. The van der Waals surface area contributed by atoms with Gasteiger partial charge in [0.05, 0.1) is 27.8 Å². The van der Waals surface area contributed by atoms with E-state index in [1.54, 1.807) is 0 Å². The second-order valence-corrected chi connectivity index (χ2v) is 14.7. The van der Waals surface area contributed by atoms with Crippen molar-refractivity contribution in [3.05, 3.63) is 200 Å². The fourth-order valence-electron chi connectivity index (χ4n) is 8.97. The summed E-state index contributed by atoms with van der Waals surface area (Å²) in [6.07, 6.45) is 0. The third-order valence-corrected chi connectivity index (χ3v) is 11.5. The molecule has 4 heteroatoms. The van der Waals surface area contributed by atoms with E-state index in [0.717, 1.165) is 61.3 Å². The fraction of sp³-hybridized carbons (Fsp3) is 0. The van der Waals surface area contributed by atoms with Crippen LogP contribution in [0.3, 0.4) is 0 Å². The van der Waals surface area contributed by atoms with Gasteiger partial charge in [0, 0.05) is 43.6 Å². The van der Waals surface area contributed by atoms with E-state index in [1.807, 2.05) is 12.1 Å². The zero-order valence-electron chi connectivity index (χ0n) is 30.8. The van der Waals surface area contributed by atoms with Crippen molar-refractivity contribution in [2.24, 2.45) is 0 Å². The number of aromatic nitrogens is 3. The van der Waals surface area contributed by atoms with Crippen molar-refractivity contribution in [3.8, 4) is 45.0 Å². The molecule has 0 saturated carbocycles. The Morgan fingerprint density at radius 3 is 1.58 bits per heavy atom. The second kappa shape index (κ2) is 12.4. The van der Waals surface area contributed by atoms with E-state index in [1.165, 1.54) is 49.3 Å². The van der Waals surface area contributed by atoms with Crippen LogP contribution in [-0.4, -0.2) is 14.1 Å². The van der Waals surface area contributed by atoms with Crippen LogP contribution in [0.4, 0.5) is 0 Å². The quantitative estimate of drug-likeness (QED) is 0.177. The van der Waals surface area contributed by atoms with Gasteiger partial charge in [0.1, 0.15) is 17.0 Å². The summed E-state index contributed by atoms with van der Waals surface area (Å²) < 4.78 is 10.9. The van der Waals surface area contributed by atoms with E-state index in [-0.39, 0.29) is 0 Å². The number of fused-ring (bicyclic) bond motifs is 10. The Labute approximate surface area is 328 Å². The van der Waals surface area contributed by atoms with Gasteiger partial charge >= 0.3 is 0 Å². The zero-order valence-corrected chi connectivity index (χ0v) is 30.8. The van der Waals surface area contributed by atoms with Crippen LogP contribution in [-0.2, 0) is 0 Å². The first-order valence-electron chi connectivity index (χ1n) is 19.4. The number of furan rings is 1. The van der Waals surface area contributed by atoms with Crippen molar-refractivity contribution in [1.29, 1.82) is 0 Å². The van der Waals surface area contributed by atoms with Crippen molar-refractivity contribution in [2.75, 3.05) is 0 Å².